The largest absolute Gasteiger partial charge is 0.495 e. The summed E-state index contributed by atoms with van der Waals surface area (Å²) in [5.41, 5.74) is 1.87. The Kier molecular flexibility index (Phi) is 7.63. The number of carbonyl (C=O) groups excluding carboxylic acids is 2. The molecule has 0 saturated carbocycles. The molecule has 0 aliphatic rings. The van der Waals surface area contributed by atoms with Crippen LogP contribution in [0, 0.1) is 11.3 Å². The van der Waals surface area contributed by atoms with E-state index >= 15 is 0 Å². The van der Waals surface area contributed by atoms with Crippen LogP contribution in [0.4, 0.5) is 11.4 Å². The summed E-state index contributed by atoms with van der Waals surface area (Å²) in [6.45, 7) is -0.541. The molecule has 150 valence electrons. The topological polar surface area (TPSA) is 91.7 Å². The third kappa shape index (κ3) is 6.26. The number of amides is 1. The zero-order chi connectivity index (χ0) is 21.4. The second-order valence-corrected chi connectivity index (χ2v) is 6.54. The first-order valence-corrected chi connectivity index (χ1v) is 8.91. The smallest absolute Gasteiger partial charge is 0.349 e. The quantitative estimate of drug-likeness (QED) is 0.424. The third-order valence-corrected chi connectivity index (χ3v) is 4.13. The Morgan fingerprint density at radius 1 is 1.21 bits per heavy atom. The highest BCUT2D eigenvalue weighted by atomic mass is 35.5. The highest BCUT2D eigenvalue weighted by Gasteiger charge is 2.14. The molecule has 0 heterocycles. The average Bonchev–Trinajstić information content (AvgIpc) is 2.70. The van der Waals surface area contributed by atoms with Gasteiger partial charge in [0.2, 0.25) is 0 Å². The zero-order valence-electron chi connectivity index (χ0n) is 16.2. The summed E-state index contributed by atoms with van der Waals surface area (Å²) in [5.74, 6) is -0.974. The first-order valence-electron chi connectivity index (χ1n) is 8.53. The molecule has 0 aliphatic heterocycles. The maximum absolute atomic E-state index is 12.1. The van der Waals surface area contributed by atoms with E-state index in [0.29, 0.717) is 22.0 Å². The van der Waals surface area contributed by atoms with Gasteiger partial charge >= 0.3 is 5.97 Å². The van der Waals surface area contributed by atoms with Crippen LogP contribution in [0.2, 0.25) is 5.02 Å². The Balaban J connectivity index is 1.96. The molecule has 0 radical (unpaired) electrons. The number of rotatable bonds is 7. The molecule has 2 rings (SSSR count). The van der Waals surface area contributed by atoms with Crippen LogP contribution in [-0.2, 0) is 14.3 Å². The number of methoxy groups -OCH3 is 1. The van der Waals surface area contributed by atoms with E-state index < -0.39 is 18.5 Å². The molecule has 2 aromatic rings. The fourth-order valence-electron chi connectivity index (χ4n) is 2.32. The number of halogens is 1. The molecule has 1 amide bonds. The van der Waals surface area contributed by atoms with E-state index in [2.05, 4.69) is 5.32 Å². The van der Waals surface area contributed by atoms with Crippen molar-refractivity contribution in [2.75, 3.05) is 38.0 Å². The minimum Gasteiger partial charge on any atom is -0.495 e. The molecule has 0 bridgehead atoms. The van der Waals surface area contributed by atoms with Crippen LogP contribution < -0.4 is 15.0 Å². The summed E-state index contributed by atoms with van der Waals surface area (Å²) < 4.78 is 9.97. The van der Waals surface area contributed by atoms with Crippen LogP contribution in [-0.4, -0.2) is 39.7 Å². The molecule has 0 unspecified atom stereocenters. The molecular formula is C21H20ClN3O4. The number of esters is 1. The average molecular weight is 414 g/mol. The van der Waals surface area contributed by atoms with E-state index in [9.17, 15) is 14.9 Å². The van der Waals surface area contributed by atoms with E-state index in [-0.39, 0.29) is 5.57 Å². The van der Waals surface area contributed by atoms with Gasteiger partial charge in [-0.05, 0) is 42.0 Å². The van der Waals surface area contributed by atoms with Crippen LogP contribution in [0.3, 0.4) is 0 Å². The normalized spacial score (nSPS) is 10.7. The van der Waals surface area contributed by atoms with Crippen LogP contribution in [0.1, 0.15) is 5.56 Å². The van der Waals surface area contributed by atoms with Gasteiger partial charge < -0.3 is 19.7 Å². The van der Waals surface area contributed by atoms with E-state index in [1.807, 2.05) is 31.1 Å². The SMILES string of the molecule is COc1ccc(NC(=O)COC(=O)/C(C#N)=C/c2ccc(N(C)C)cc2)cc1Cl. The fourth-order valence-corrected chi connectivity index (χ4v) is 2.58. The van der Waals surface area contributed by atoms with Crippen molar-refractivity contribution in [1.82, 2.24) is 0 Å². The van der Waals surface area contributed by atoms with Gasteiger partial charge in [-0.2, -0.15) is 5.26 Å². The number of benzene rings is 2. The van der Waals surface area contributed by atoms with E-state index in [1.54, 1.807) is 30.3 Å². The first kappa shape index (κ1) is 21.8. The third-order valence-electron chi connectivity index (χ3n) is 3.83. The lowest BCUT2D eigenvalue weighted by molar-refractivity contribution is -0.142. The van der Waals surface area contributed by atoms with Gasteiger partial charge in [0.1, 0.15) is 17.4 Å². The molecule has 0 atom stereocenters. The van der Waals surface area contributed by atoms with Crippen molar-refractivity contribution in [2.45, 2.75) is 0 Å². The standard InChI is InChI=1S/C21H20ClN3O4/c1-25(2)17-7-4-14(5-8-17)10-15(12-23)21(27)29-13-20(26)24-16-6-9-19(28-3)18(22)11-16/h4-11H,13H2,1-3H3,(H,24,26)/b15-10+. The van der Waals surface area contributed by atoms with Crippen LogP contribution in [0.15, 0.2) is 48.0 Å². The maximum atomic E-state index is 12.1. The number of nitrogens with one attached hydrogen (secondary N) is 1. The minimum atomic E-state index is -0.882. The summed E-state index contributed by atoms with van der Waals surface area (Å²) in [5, 5.41) is 12.1. The Morgan fingerprint density at radius 3 is 2.45 bits per heavy atom. The highest BCUT2D eigenvalue weighted by Crippen LogP contribution is 2.27. The Hall–Kier alpha value is -3.50. The first-order chi connectivity index (χ1) is 13.8. The van der Waals surface area contributed by atoms with Gasteiger partial charge in [0.15, 0.2) is 6.61 Å². The van der Waals surface area contributed by atoms with Gasteiger partial charge in [0, 0.05) is 25.5 Å². The minimum absolute atomic E-state index is 0.206. The number of nitriles is 1. The molecule has 2 aromatic carbocycles. The van der Waals surface area contributed by atoms with Crippen molar-refractivity contribution >= 4 is 40.9 Å². The molecule has 0 saturated heterocycles. The molecule has 1 N–H and O–H groups in total. The van der Waals surface area contributed by atoms with Gasteiger partial charge in [0.25, 0.3) is 5.91 Å². The molecule has 29 heavy (non-hydrogen) atoms. The maximum Gasteiger partial charge on any atom is 0.349 e. The van der Waals surface area contributed by atoms with Crippen LogP contribution >= 0.6 is 11.6 Å². The lowest BCUT2D eigenvalue weighted by Gasteiger charge is -2.11. The van der Waals surface area contributed by atoms with Crippen molar-refractivity contribution in [1.29, 1.82) is 5.26 Å². The Bertz CT molecular complexity index is 963. The summed E-state index contributed by atoms with van der Waals surface area (Å²) in [6.07, 6.45) is 1.41. The molecule has 0 spiro atoms. The molecule has 8 heteroatoms. The van der Waals surface area contributed by atoms with E-state index in [0.717, 1.165) is 5.69 Å². The molecule has 0 aromatic heterocycles. The van der Waals surface area contributed by atoms with Crippen LogP contribution in [0.5, 0.6) is 5.75 Å². The van der Waals surface area contributed by atoms with Gasteiger partial charge in [0.05, 0.1) is 12.1 Å². The molecule has 0 fully saturated rings. The Labute approximate surface area is 174 Å². The summed E-state index contributed by atoms with van der Waals surface area (Å²) in [4.78, 5) is 26.0. The predicted octanol–water partition coefficient (Wildman–Crippen LogP) is 3.50. The molecular weight excluding hydrogens is 394 g/mol. The number of nitrogens with zero attached hydrogens (tertiary/aromatic N) is 2. The molecule has 7 nitrogen and oxygen atoms in total. The van der Waals surface area contributed by atoms with Crippen molar-refractivity contribution in [3.8, 4) is 11.8 Å². The van der Waals surface area contributed by atoms with E-state index in [4.69, 9.17) is 21.1 Å². The lowest BCUT2D eigenvalue weighted by atomic mass is 10.1. The highest BCUT2D eigenvalue weighted by molar-refractivity contribution is 6.32. The monoisotopic (exact) mass is 413 g/mol. The fraction of sp³-hybridized carbons (Fsp3) is 0.190. The summed E-state index contributed by atoms with van der Waals surface area (Å²) in [7, 11) is 5.30. The second-order valence-electron chi connectivity index (χ2n) is 6.13. The zero-order valence-corrected chi connectivity index (χ0v) is 17.0. The number of ether oxygens (including phenoxy) is 2. The second kappa shape index (κ2) is 10.2. The predicted molar refractivity (Wildman–Crippen MR) is 112 cm³/mol. The number of hydrogen-bond acceptors (Lipinski definition) is 6. The Morgan fingerprint density at radius 2 is 1.90 bits per heavy atom. The van der Waals surface area contributed by atoms with Crippen LogP contribution in [0.25, 0.3) is 6.08 Å². The van der Waals surface area contributed by atoms with Crippen molar-refractivity contribution in [2.24, 2.45) is 0 Å². The van der Waals surface area contributed by atoms with Gasteiger partial charge in [-0.1, -0.05) is 23.7 Å². The van der Waals surface area contributed by atoms with Crippen molar-refractivity contribution < 1.29 is 19.1 Å². The van der Waals surface area contributed by atoms with Gasteiger partial charge in [-0.3, -0.25) is 4.79 Å². The van der Waals surface area contributed by atoms with E-state index in [1.165, 1.54) is 19.3 Å². The number of anilines is 2. The summed E-state index contributed by atoms with van der Waals surface area (Å²) in [6, 6.07) is 13.8. The number of carbonyl (C=O) groups is 2. The van der Waals surface area contributed by atoms with Gasteiger partial charge in [-0.25, -0.2) is 4.79 Å². The number of hydrogen-bond donors (Lipinski definition) is 1. The lowest BCUT2D eigenvalue weighted by Crippen LogP contribution is -2.21. The van der Waals surface area contributed by atoms with Crippen molar-refractivity contribution in [3.63, 3.8) is 0 Å². The summed E-state index contributed by atoms with van der Waals surface area (Å²) >= 11 is 6.00. The van der Waals surface area contributed by atoms with Gasteiger partial charge in [-0.15, -0.1) is 0 Å². The molecule has 0 aliphatic carbocycles. The van der Waals surface area contributed by atoms with Crippen molar-refractivity contribution in [3.05, 3.63) is 58.6 Å².